The predicted molar refractivity (Wildman–Crippen MR) is 85.6 cm³/mol. The third-order valence-corrected chi connectivity index (χ3v) is 3.84. The Morgan fingerprint density at radius 1 is 1.23 bits per heavy atom. The highest BCUT2D eigenvalue weighted by atomic mass is 35.5. The molecule has 1 aliphatic rings. The molecule has 4 N–H and O–H groups in total. The Morgan fingerprint density at radius 2 is 2.00 bits per heavy atom. The van der Waals surface area contributed by atoms with Crippen LogP contribution in [0.5, 0.6) is 0 Å². The van der Waals surface area contributed by atoms with Gasteiger partial charge in [-0.1, -0.05) is 30.3 Å². The van der Waals surface area contributed by atoms with Crippen molar-refractivity contribution in [3.63, 3.8) is 0 Å². The summed E-state index contributed by atoms with van der Waals surface area (Å²) in [4.78, 5) is 12.0. The number of amides is 2. The minimum absolute atomic E-state index is 0.0854. The Hall–Kier alpha value is -1.89. The van der Waals surface area contributed by atoms with Gasteiger partial charge in [-0.2, -0.15) is 0 Å². The molecule has 3 rings (SSSR count). The summed E-state index contributed by atoms with van der Waals surface area (Å²) in [7, 11) is 0. The van der Waals surface area contributed by atoms with Crippen LogP contribution in [0.2, 0.25) is 0 Å². The number of carbonyl (C=O) groups excluding carboxylic acids is 1. The van der Waals surface area contributed by atoms with Crippen molar-refractivity contribution in [2.75, 3.05) is 11.9 Å². The Labute approximate surface area is 132 Å². The molecule has 1 aliphatic heterocycles. The van der Waals surface area contributed by atoms with Crippen LogP contribution in [0.1, 0.15) is 0 Å². The molecule has 1 fully saturated rings. The fourth-order valence-corrected chi connectivity index (χ4v) is 2.53. The van der Waals surface area contributed by atoms with Gasteiger partial charge in [0, 0.05) is 12.2 Å². The standard InChI is InChI=1S/C15H16ClFN4O/c16-13-12(17)8-18-14(20-13)21-15(22)19-11-6-5-9-3-1-2-4-10(9)7-11/h1-7,12-14,18,20H,8H2,(H2,19,21,22). The van der Waals surface area contributed by atoms with Crippen molar-refractivity contribution in [1.29, 1.82) is 0 Å². The van der Waals surface area contributed by atoms with Gasteiger partial charge >= 0.3 is 6.03 Å². The Morgan fingerprint density at radius 3 is 2.77 bits per heavy atom. The number of anilines is 1. The van der Waals surface area contributed by atoms with Crippen molar-refractivity contribution in [2.45, 2.75) is 18.0 Å². The molecule has 22 heavy (non-hydrogen) atoms. The first-order chi connectivity index (χ1) is 10.6. The van der Waals surface area contributed by atoms with E-state index in [1.807, 2.05) is 42.5 Å². The monoisotopic (exact) mass is 322 g/mol. The molecule has 3 atom stereocenters. The van der Waals surface area contributed by atoms with Gasteiger partial charge in [-0.25, -0.2) is 9.18 Å². The van der Waals surface area contributed by atoms with Crippen molar-refractivity contribution in [3.05, 3.63) is 42.5 Å². The van der Waals surface area contributed by atoms with Gasteiger partial charge < -0.3 is 10.6 Å². The van der Waals surface area contributed by atoms with E-state index in [0.717, 1.165) is 10.8 Å². The van der Waals surface area contributed by atoms with Gasteiger partial charge in [-0.3, -0.25) is 10.6 Å². The fraction of sp³-hybridized carbons (Fsp3) is 0.267. The zero-order chi connectivity index (χ0) is 15.5. The molecule has 0 radical (unpaired) electrons. The van der Waals surface area contributed by atoms with E-state index in [1.54, 1.807) is 0 Å². The lowest BCUT2D eigenvalue weighted by Gasteiger charge is -2.31. The lowest BCUT2D eigenvalue weighted by Crippen LogP contribution is -2.64. The second kappa shape index (κ2) is 6.48. The summed E-state index contributed by atoms with van der Waals surface area (Å²) >= 11 is 5.77. The van der Waals surface area contributed by atoms with E-state index in [0.29, 0.717) is 5.69 Å². The summed E-state index contributed by atoms with van der Waals surface area (Å²) in [5.41, 5.74) is -0.148. The molecule has 3 unspecified atom stereocenters. The number of alkyl halides is 2. The van der Waals surface area contributed by atoms with E-state index in [4.69, 9.17) is 11.6 Å². The summed E-state index contributed by atoms with van der Waals surface area (Å²) in [5, 5.41) is 13.0. The van der Waals surface area contributed by atoms with E-state index in [9.17, 15) is 9.18 Å². The van der Waals surface area contributed by atoms with Crippen LogP contribution in [0.15, 0.2) is 42.5 Å². The van der Waals surface area contributed by atoms with E-state index in [1.165, 1.54) is 0 Å². The van der Waals surface area contributed by atoms with Crippen molar-refractivity contribution in [2.24, 2.45) is 0 Å². The number of urea groups is 1. The summed E-state index contributed by atoms with van der Waals surface area (Å²) in [5.74, 6) is 0. The minimum Gasteiger partial charge on any atom is -0.310 e. The summed E-state index contributed by atoms with van der Waals surface area (Å²) in [6.45, 7) is 0.0854. The van der Waals surface area contributed by atoms with Crippen LogP contribution < -0.4 is 21.3 Å². The molecule has 0 spiro atoms. The number of benzene rings is 2. The van der Waals surface area contributed by atoms with E-state index >= 15 is 0 Å². The number of hydrogen-bond acceptors (Lipinski definition) is 3. The second-order valence-corrected chi connectivity index (χ2v) is 5.56. The van der Waals surface area contributed by atoms with Gasteiger partial charge in [0.1, 0.15) is 18.0 Å². The molecule has 5 nitrogen and oxygen atoms in total. The molecule has 2 aromatic carbocycles. The van der Waals surface area contributed by atoms with Gasteiger partial charge in [0.2, 0.25) is 0 Å². The van der Waals surface area contributed by atoms with Crippen LogP contribution in [0.25, 0.3) is 10.8 Å². The first kappa shape index (κ1) is 15.0. The zero-order valence-corrected chi connectivity index (χ0v) is 12.4. The maximum Gasteiger partial charge on any atom is 0.321 e. The average molecular weight is 323 g/mol. The van der Waals surface area contributed by atoms with Crippen LogP contribution in [0, 0.1) is 0 Å². The van der Waals surface area contributed by atoms with Gasteiger partial charge in [0.25, 0.3) is 0 Å². The van der Waals surface area contributed by atoms with E-state index < -0.39 is 24.0 Å². The summed E-state index contributed by atoms with van der Waals surface area (Å²) < 4.78 is 13.2. The van der Waals surface area contributed by atoms with E-state index in [2.05, 4.69) is 21.3 Å². The molecule has 2 amide bonds. The quantitative estimate of drug-likeness (QED) is 0.507. The average Bonchev–Trinajstić information content (AvgIpc) is 2.51. The molecular formula is C15H16ClFN4O. The summed E-state index contributed by atoms with van der Waals surface area (Å²) in [6.07, 6.45) is -1.77. The third-order valence-electron chi connectivity index (χ3n) is 3.44. The molecule has 0 bridgehead atoms. The Kier molecular flexibility index (Phi) is 4.42. The maximum absolute atomic E-state index is 13.2. The Bertz CT molecular complexity index is 683. The normalized spacial score (nSPS) is 24.9. The molecule has 0 saturated carbocycles. The topological polar surface area (TPSA) is 65.2 Å². The number of fused-ring (bicyclic) bond motifs is 1. The highest BCUT2D eigenvalue weighted by Gasteiger charge is 2.28. The molecule has 0 aromatic heterocycles. The molecule has 2 aromatic rings. The second-order valence-electron chi connectivity index (χ2n) is 5.09. The number of carbonyl (C=O) groups is 1. The number of halogens is 2. The molecule has 1 saturated heterocycles. The molecule has 7 heteroatoms. The van der Waals surface area contributed by atoms with Crippen molar-refractivity contribution in [3.8, 4) is 0 Å². The largest absolute Gasteiger partial charge is 0.321 e. The lowest BCUT2D eigenvalue weighted by atomic mass is 10.1. The predicted octanol–water partition coefficient (Wildman–Crippen LogP) is 2.34. The molecule has 1 heterocycles. The van der Waals surface area contributed by atoms with Crippen molar-refractivity contribution < 1.29 is 9.18 Å². The first-order valence-corrected chi connectivity index (χ1v) is 7.39. The SMILES string of the molecule is O=C(Nc1ccc2ccccc2c1)NC1NCC(F)C(Cl)N1. The van der Waals surface area contributed by atoms with Crippen LogP contribution in [-0.4, -0.2) is 30.5 Å². The van der Waals surface area contributed by atoms with Gasteiger partial charge in [-0.15, -0.1) is 11.6 Å². The van der Waals surface area contributed by atoms with Crippen molar-refractivity contribution in [1.82, 2.24) is 16.0 Å². The minimum atomic E-state index is -1.19. The zero-order valence-electron chi connectivity index (χ0n) is 11.6. The lowest BCUT2D eigenvalue weighted by molar-refractivity contribution is 0.187. The maximum atomic E-state index is 13.2. The van der Waals surface area contributed by atoms with E-state index in [-0.39, 0.29) is 6.54 Å². The van der Waals surface area contributed by atoms with Crippen LogP contribution >= 0.6 is 11.6 Å². The van der Waals surface area contributed by atoms with Gasteiger partial charge in [-0.05, 0) is 22.9 Å². The fourth-order valence-electron chi connectivity index (χ4n) is 2.31. The number of nitrogens with one attached hydrogen (secondary N) is 4. The molecular weight excluding hydrogens is 307 g/mol. The number of hydrogen-bond donors (Lipinski definition) is 4. The van der Waals surface area contributed by atoms with Gasteiger partial charge in [0.05, 0.1) is 0 Å². The highest BCUT2D eigenvalue weighted by molar-refractivity contribution is 6.20. The Balaban J connectivity index is 1.61. The van der Waals surface area contributed by atoms with Gasteiger partial charge in [0.15, 0.2) is 0 Å². The highest BCUT2D eigenvalue weighted by Crippen LogP contribution is 2.18. The summed E-state index contributed by atoms with van der Waals surface area (Å²) in [6, 6.07) is 13.1. The van der Waals surface area contributed by atoms with Crippen LogP contribution in [0.4, 0.5) is 14.9 Å². The van der Waals surface area contributed by atoms with Crippen LogP contribution in [-0.2, 0) is 0 Å². The number of rotatable bonds is 2. The first-order valence-electron chi connectivity index (χ1n) is 6.96. The van der Waals surface area contributed by atoms with Crippen LogP contribution in [0.3, 0.4) is 0 Å². The molecule has 0 aliphatic carbocycles. The third kappa shape index (κ3) is 3.47. The van der Waals surface area contributed by atoms with Crippen molar-refractivity contribution >= 4 is 34.1 Å². The molecule has 116 valence electrons. The smallest absolute Gasteiger partial charge is 0.310 e.